The second kappa shape index (κ2) is 4.17. The summed E-state index contributed by atoms with van der Waals surface area (Å²) < 4.78 is 11.3. The first-order valence-electron chi connectivity index (χ1n) is 7.37. The van der Waals surface area contributed by atoms with Crippen LogP contribution in [0.1, 0.15) is 50.2 Å². The van der Waals surface area contributed by atoms with Crippen LogP contribution in [0.25, 0.3) is 0 Å². The van der Waals surface area contributed by atoms with Crippen molar-refractivity contribution in [3.05, 3.63) is 23.9 Å². The molecule has 1 aromatic heterocycles. The van der Waals surface area contributed by atoms with E-state index in [0.717, 1.165) is 50.4 Å². The van der Waals surface area contributed by atoms with Crippen LogP contribution in [0.3, 0.4) is 0 Å². The molecular formula is C15H20N2O2. The average Bonchev–Trinajstić information content (AvgIpc) is 3.15. The number of fused-ring (bicyclic) bond motifs is 2. The Kier molecular flexibility index (Phi) is 2.56. The van der Waals surface area contributed by atoms with E-state index in [1.807, 2.05) is 0 Å². The third-order valence-corrected chi connectivity index (χ3v) is 5.14. The summed E-state index contributed by atoms with van der Waals surface area (Å²) in [5.74, 6) is 2.22. The van der Waals surface area contributed by atoms with Crippen LogP contribution in [0.5, 0.6) is 0 Å². The summed E-state index contributed by atoms with van der Waals surface area (Å²) in [6, 6.07) is 0. The zero-order valence-electron chi connectivity index (χ0n) is 11.2. The third-order valence-electron chi connectivity index (χ3n) is 5.14. The topological polar surface area (TPSA) is 48.2 Å². The second-order valence-electron chi connectivity index (χ2n) is 6.42. The van der Waals surface area contributed by atoms with Crippen LogP contribution >= 0.6 is 0 Å². The van der Waals surface area contributed by atoms with Gasteiger partial charge in [0.1, 0.15) is 0 Å². The third kappa shape index (κ3) is 1.84. The molecule has 2 saturated carbocycles. The number of hydrogen-bond donors (Lipinski definition) is 0. The molecule has 4 heteroatoms. The van der Waals surface area contributed by atoms with Crippen LogP contribution in [-0.4, -0.2) is 22.9 Å². The highest BCUT2D eigenvalue weighted by molar-refractivity contribution is 5.15. The summed E-state index contributed by atoms with van der Waals surface area (Å²) in [5, 5.41) is 4.19. The van der Waals surface area contributed by atoms with Crippen molar-refractivity contribution in [1.82, 2.24) is 10.1 Å². The fourth-order valence-electron chi connectivity index (χ4n) is 3.89. The molecule has 19 heavy (non-hydrogen) atoms. The van der Waals surface area contributed by atoms with Crippen molar-refractivity contribution in [3.63, 3.8) is 0 Å². The van der Waals surface area contributed by atoms with Crippen LogP contribution in [0.15, 0.2) is 16.7 Å². The van der Waals surface area contributed by atoms with Crippen LogP contribution in [0.2, 0.25) is 0 Å². The van der Waals surface area contributed by atoms with Gasteiger partial charge in [-0.15, -0.1) is 0 Å². The van der Waals surface area contributed by atoms with E-state index in [2.05, 4.69) is 16.7 Å². The molecule has 1 aliphatic heterocycles. The van der Waals surface area contributed by atoms with Gasteiger partial charge in [-0.25, -0.2) is 0 Å². The Morgan fingerprint density at radius 3 is 2.95 bits per heavy atom. The molecule has 1 aromatic rings. The van der Waals surface area contributed by atoms with E-state index in [0.29, 0.717) is 12.0 Å². The van der Waals surface area contributed by atoms with Crippen molar-refractivity contribution in [2.45, 2.75) is 56.5 Å². The fraction of sp³-hybridized carbons (Fsp3) is 0.733. The number of ether oxygens (including phenoxy) is 1. The van der Waals surface area contributed by atoms with Crippen molar-refractivity contribution >= 4 is 0 Å². The summed E-state index contributed by atoms with van der Waals surface area (Å²) in [7, 11) is 0. The van der Waals surface area contributed by atoms with E-state index < -0.39 is 0 Å². The van der Waals surface area contributed by atoms with Gasteiger partial charge < -0.3 is 9.26 Å². The number of aromatic nitrogens is 2. The van der Waals surface area contributed by atoms with Gasteiger partial charge in [0.2, 0.25) is 5.89 Å². The Labute approximate surface area is 113 Å². The minimum absolute atomic E-state index is 0.0304. The molecule has 2 bridgehead atoms. The maximum Gasteiger partial charge on any atom is 0.235 e. The van der Waals surface area contributed by atoms with Gasteiger partial charge >= 0.3 is 0 Å². The predicted molar refractivity (Wildman–Crippen MR) is 69.8 cm³/mol. The lowest BCUT2D eigenvalue weighted by Crippen LogP contribution is -2.25. The quantitative estimate of drug-likeness (QED) is 0.784. The van der Waals surface area contributed by atoms with Gasteiger partial charge in [-0.05, 0) is 44.4 Å². The number of hydrogen-bond acceptors (Lipinski definition) is 4. The molecule has 3 fully saturated rings. The summed E-state index contributed by atoms with van der Waals surface area (Å²) in [6.45, 7) is 4.91. The van der Waals surface area contributed by atoms with Crippen molar-refractivity contribution in [1.29, 1.82) is 0 Å². The van der Waals surface area contributed by atoms with E-state index in [1.165, 1.54) is 18.4 Å². The van der Waals surface area contributed by atoms with Crippen LogP contribution < -0.4 is 0 Å². The summed E-state index contributed by atoms with van der Waals surface area (Å²) >= 11 is 0. The van der Waals surface area contributed by atoms with Gasteiger partial charge in [-0.1, -0.05) is 17.3 Å². The smallest absolute Gasteiger partial charge is 0.235 e. The second-order valence-corrected chi connectivity index (χ2v) is 6.42. The SMILES string of the molecule is C=C1CCCC1Cc1noc(C23CCC(C2)OC3)n1. The van der Waals surface area contributed by atoms with Crippen molar-refractivity contribution < 1.29 is 9.26 Å². The molecule has 4 nitrogen and oxygen atoms in total. The van der Waals surface area contributed by atoms with Gasteiger partial charge in [-0.3, -0.25) is 0 Å². The molecular weight excluding hydrogens is 240 g/mol. The molecule has 4 rings (SSSR count). The number of nitrogens with zero attached hydrogens (tertiary/aromatic N) is 2. The Hall–Kier alpha value is -1.16. The molecule has 3 atom stereocenters. The highest BCUT2D eigenvalue weighted by Crippen LogP contribution is 2.47. The minimum Gasteiger partial charge on any atom is -0.377 e. The van der Waals surface area contributed by atoms with Crippen molar-refractivity contribution in [2.75, 3.05) is 6.61 Å². The number of allylic oxidation sites excluding steroid dienone is 1. The van der Waals surface area contributed by atoms with Gasteiger partial charge in [-0.2, -0.15) is 4.98 Å². The van der Waals surface area contributed by atoms with Crippen molar-refractivity contribution in [2.24, 2.45) is 5.92 Å². The monoisotopic (exact) mass is 260 g/mol. The molecule has 3 aliphatic rings. The lowest BCUT2D eigenvalue weighted by molar-refractivity contribution is 0.0632. The van der Waals surface area contributed by atoms with Crippen LogP contribution in [-0.2, 0) is 16.6 Å². The van der Waals surface area contributed by atoms with Gasteiger partial charge in [0.25, 0.3) is 0 Å². The first-order chi connectivity index (χ1) is 9.25. The van der Waals surface area contributed by atoms with E-state index in [9.17, 15) is 0 Å². The molecule has 0 radical (unpaired) electrons. The maximum absolute atomic E-state index is 5.73. The van der Waals surface area contributed by atoms with Crippen LogP contribution in [0, 0.1) is 5.92 Å². The Morgan fingerprint density at radius 2 is 2.32 bits per heavy atom. The van der Waals surface area contributed by atoms with Gasteiger partial charge in [0, 0.05) is 6.42 Å². The summed E-state index contributed by atoms with van der Waals surface area (Å²) in [6.07, 6.45) is 8.28. The van der Waals surface area contributed by atoms with E-state index in [1.54, 1.807) is 0 Å². The number of rotatable bonds is 3. The molecule has 0 N–H and O–H groups in total. The Morgan fingerprint density at radius 1 is 1.37 bits per heavy atom. The maximum atomic E-state index is 5.73. The molecule has 3 unspecified atom stereocenters. The standard InChI is InChI=1S/C15H20N2O2/c1-10-3-2-4-11(10)7-13-16-14(19-17-13)15-6-5-12(8-15)18-9-15/h11-12H,1-9H2. The normalized spacial score (nSPS) is 37.4. The molecule has 0 spiro atoms. The lowest BCUT2D eigenvalue weighted by atomic mass is 9.88. The van der Waals surface area contributed by atoms with E-state index in [-0.39, 0.29) is 5.41 Å². The average molecular weight is 260 g/mol. The predicted octanol–water partition coefficient (Wildman–Crippen LogP) is 2.79. The first-order valence-corrected chi connectivity index (χ1v) is 7.37. The van der Waals surface area contributed by atoms with Gasteiger partial charge in [0.15, 0.2) is 5.82 Å². The van der Waals surface area contributed by atoms with Gasteiger partial charge in [0.05, 0.1) is 18.1 Å². The highest BCUT2D eigenvalue weighted by Gasteiger charge is 2.51. The molecule has 1 saturated heterocycles. The zero-order chi connectivity index (χ0) is 12.9. The molecule has 0 aromatic carbocycles. The molecule has 102 valence electrons. The summed E-state index contributed by atoms with van der Waals surface area (Å²) in [4.78, 5) is 4.66. The van der Waals surface area contributed by atoms with Crippen LogP contribution in [0.4, 0.5) is 0 Å². The van der Waals surface area contributed by atoms with E-state index in [4.69, 9.17) is 9.26 Å². The fourth-order valence-corrected chi connectivity index (χ4v) is 3.89. The molecule has 2 aliphatic carbocycles. The van der Waals surface area contributed by atoms with E-state index >= 15 is 0 Å². The lowest BCUT2D eigenvalue weighted by Gasteiger charge is -2.20. The Bertz CT molecular complexity index is 500. The van der Waals surface area contributed by atoms with Crippen molar-refractivity contribution in [3.8, 4) is 0 Å². The minimum atomic E-state index is 0.0304. The highest BCUT2D eigenvalue weighted by atomic mass is 16.5. The zero-order valence-corrected chi connectivity index (χ0v) is 11.2. The summed E-state index contributed by atoms with van der Waals surface area (Å²) in [5.41, 5.74) is 1.39. The first kappa shape index (κ1) is 11.6. The largest absolute Gasteiger partial charge is 0.377 e. The molecule has 2 heterocycles. The Balaban J connectivity index is 1.52. The molecule has 0 amide bonds.